The van der Waals surface area contributed by atoms with Crippen LogP contribution in [-0.4, -0.2) is 5.78 Å². The van der Waals surface area contributed by atoms with Crippen LogP contribution in [0.25, 0.3) is 0 Å². The third-order valence-electron chi connectivity index (χ3n) is 2.40. The molecule has 0 aromatic carbocycles. The molecule has 0 amide bonds. The van der Waals surface area contributed by atoms with Crippen molar-refractivity contribution in [3.63, 3.8) is 0 Å². The van der Waals surface area contributed by atoms with Gasteiger partial charge in [0.05, 0.1) is 0 Å². The number of ketones is 1. The first-order chi connectivity index (χ1) is 5.83. The fourth-order valence-corrected chi connectivity index (χ4v) is 2.26. The lowest BCUT2D eigenvalue weighted by atomic mass is 9.76. The van der Waals surface area contributed by atoms with Crippen LogP contribution < -0.4 is 0 Å². The molecule has 0 saturated heterocycles. The van der Waals surface area contributed by atoms with Gasteiger partial charge in [0.1, 0.15) is 0 Å². The molecule has 0 aliphatic rings. The third-order valence-corrected chi connectivity index (χ3v) is 2.40. The number of allylic oxidation sites excluding steroid dienone is 2. The maximum atomic E-state index is 11.4. The predicted molar refractivity (Wildman–Crippen MR) is 57.7 cm³/mol. The summed E-state index contributed by atoms with van der Waals surface area (Å²) < 4.78 is 0. The van der Waals surface area contributed by atoms with Crippen LogP contribution in [0.2, 0.25) is 0 Å². The van der Waals surface area contributed by atoms with Crippen LogP contribution in [0.15, 0.2) is 11.1 Å². The zero-order chi connectivity index (χ0) is 10.6. The minimum atomic E-state index is 0.0411. The van der Waals surface area contributed by atoms with E-state index in [4.69, 9.17) is 0 Å². The largest absolute Gasteiger partial charge is 0.295 e. The Morgan fingerprint density at radius 3 is 1.85 bits per heavy atom. The molecule has 0 aliphatic carbocycles. The van der Waals surface area contributed by atoms with Gasteiger partial charge in [0.2, 0.25) is 0 Å². The SMILES string of the molecule is CCCC(C)(C)C(C(C)=O)=C(C)C. The van der Waals surface area contributed by atoms with Gasteiger partial charge in [-0.3, -0.25) is 4.79 Å². The Kier molecular flexibility index (Phi) is 4.38. The molecule has 0 spiro atoms. The standard InChI is InChI=1S/C12H22O/c1-7-8-12(5,6)11(9(2)3)10(4)13/h7-8H2,1-6H3. The van der Waals surface area contributed by atoms with Gasteiger partial charge in [-0.25, -0.2) is 0 Å². The average Bonchev–Trinajstić information content (AvgIpc) is 1.82. The predicted octanol–water partition coefficient (Wildman–Crippen LogP) is 3.74. The van der Waals surface area contributed by atoms with E-state index in [2.05, 4.69) is 20.8 Å². The van der Waals surface area contributed by atoms with Crippen molar-refractivity contribution in [2.75, 3.05) is 0 Å². The maximum Gasteiger partial charge on any atom is 0.156 e. The molecule has 13 heavy (non-hydrogen) atoms. The first-order valence-corrected chi connectivity index (χ1v) is 5.01. The second-order valence-corrected chi connectivity index (χ2v) is 4.57. The molecule has 0 aliphatic heterocycles. The fraction of sp³-hybridized carbons (Fsp3) is 0.750. The first-order valence-electron chi connectivity index (χ1n) is 5.01. The zero-order valence-corrected chi connectivity index (χ0v) is 9.82. The van der Waals surface area contributed by atoms with Gasteiger partial charge in [0.15, 0.2) is 5.78 Å². The minimum absolute atomic E-state index is 0.0411. The van der Waals surface area contributed by atoms with Crippen LogP contribution >= 0.6 is 0 Å². The Balaban J connectivity index is 4.97. The van der Waals surface area contributed by atoms with Crippen molar-refractivity contribution < 1.29 is 4.79 Å². The first kappa shape index (κ1) is 12.4. The van der Waals surface area contributed by atoms with E-state index in [-0.39, 0.29) is 11.2 Å². The quantitative estimate of drug-likeness (QED) is 0.605. The molecule has 0 atom stereocenters. The molecule has 1 nitrogen and oxygen atoms in total. The van der Waals surface area contributed by atoms with Gasteiger partial charge in [-0.2, -0.15) is 0 Å². The highest BCUT2D eigenvalue weighted by Gasteiger charge is 2.26. The highest BCUT2D eigenvalue weighted by Crippen LogP contribution is 2.34. The van der Waals surface area contributed by atoms with E-state index in [9.17, 15) is 4.79 Å². The highest BCUT2D eigenvalue weighted by molar-refractivity contribution is 5.95. The summed E-state index contributed by atoms with van der Waals surface area (Å²) >= 11 is 0. The van der Waals surface area contributed by atoms with Crippen LogP contribution in [0.4, 0.5) is 0 Å². The topological polar surface area (TPSA) is 17.1 Å². The summed E-state index contributed by atoms with van der Waals surface area (Å²) in [6, 6.07) is 0. The van der Waals surface area contributed by atoms with E-state index in [1.54, 1.807) is 6.92 Å². The lowest BCUT2D eigenvalue weighted by Crippen LogP contribution is -2.20. The summed E-state index contributed by atoms with van der Waals surface area (Å²) in [6.07, 6.45) is 2.20. The third kappa shape index (κ3) is 3.33. The van der Waals surface area contributed by atoms with Crippen molar-refractivity contribution in [2.24, 2.45) is 5.41 Å². The van der Waals surface area contributed by atoms with Crippen molar-refractivity contribution in [3.05, 3.63) is 11.1 Å². The zero-order valence-electron chi connectivity index (χ0n) is 9.82. The van der Waals surface area contributed by atoms with Crippen molar-refractivity contribution in [1.82, 2.24) is 0 Å². The van der Waals surface area contributed by atoms with Crippen molar-refractivity contribution in [1.29, 1.82) is 0 Å². The van der Waals surface area contributed by atoms with Gasteiger partial charge < -0.3 is 0 Å². The molecule has 0 rings (SSSR count). The molecule has 0 bridgehead atoms. The number of carbonyl (C=O) groups excluding carboxylic acids is 1. The summed E-state index contributed by atoms with van der Waals surface area (Å²) in [6.45, 7) is 12.2. The summed E-state index contributed by atoms with van der Waals surface area (Å²) in [5.74, 6) is 0.221. The summed E-state index contributed by atoms with van der Waals surface area (Å²) in [7, 11) is 0. The van der Waals surface area contributed by atoms with Gasteiger partial charge in [-0.15, -0.1) is 0 Å². The van der Waals surface area contributed by atoms with Crippen LogP contribution in [0.1, 0.15) is 54.4 Å². The molecule has 0 radical (unpaired) electrons. The van der Waals surface area contributed by atoms with E-state index in [1.807, 2.05) is 13.8 Å². The molecule has 0 N–H and O–H groups in total. The van der Waals surface area contributed by atoms with Gasteiger partial charge in [0.25, 0.3) is 0 Å². The second kappa shape index (κ2) is 4.59. The minimum Gasteiger partial charge on any atom is -0.295 e. The van der Waals surface area contributed by atoms with Gasteiger partial charge in [-0.05, 0) is 38.2 Å². The van der Waals surface area contributed by atoms with E-state index >= 15 is 0 Å². The fourth-order valence-electron chi connectivity index (χ4n) is 2.26. The van der Waals surface area contributed by atoms with Crippen molar-refractivity contribution in [2.45, 2.75) is 54.4 Å². The Hall–Kier alpha value is -0.590. The van der Waals surface area contributed by atoms with Gasteiger partial charge >= 0.3 is 0 Å². The molecule has 76 valence electrons. The molecule has 0 unspecified atom stereocenters. The molecule has 0 aromatic heterocycles. The summed E-state index contributed by atoms with van der Waals surface area (Å²) in [4.78, 5) is 11.4. The maximum absolute atomic E-state index is 11.4. The number of rotatable bonds is 4. The normalized spacial score (nSPS) is 11.2. The van der Waals surface area contributed by atoms with Crippen LogP contribution in [-0.2, 0) is 4.79 Å². The molecular weight excluding hydrogens is 160 g/mol. The number of hydrogen-bond acceptors (Lipinski definition) is 1. The number of hydrogen-bond donors (Lipinski definition) is 0. The Labute approximate surface area is 82.2 Å². The molecule has 1 heteroatoms. The van der Waals surface area contributed by atoms with Crippen LogP contribution in [0, 0.1) is 5.41 Å². The Bertz CT molecular complexity index is 217. The lowest BCUT2D eigenvalue weighted by Gasteiger charge is -2.27. The van der Waals surface area contributed by atoms with Gasteiger partial charge in [0, 0.05) is 0 Å². The number of Topliss-reactive ketones (excluding diaryl/α,β-unsaturated/α-hetero) is 1. The van der Waals surface area contributed by atoms with Crippen LogP contribution in [0.3, 0.4) is 0 Å². The summed E-state index contributed by atoms with van der Waals surface area (Å²) in [5.41, 5.74) is 2.21. The average molecular weight is 182 g/mol. The molecule has 0 fully saturated rings. The van der Waals surface area contributed by atoms with E-state index < -0.39 is 0 Å². The monoisotopic (exact) mass is 182 g/mol. The Morgan fingerprint density at radius 1 is 1.15 bits per heavy atom. The molecule has 0 heterocycles. The Morgan fingerprint density at radius 2 is 1.62 bits per heavy atom. The van der Waals surface area contributed by atoms with E-state index in [0.29, 0.717) is 0 Å². The molecule has 0 saturated carbocycles. The molecule has 0 aromatic rings. The van der Waals surface area contributed by atoms with E-state index in [0.717, 1.165) is 24.0 Å². The molecular formula is C12H22O. The van der Waals surface area contributed by atoms with Crippen molar-refractivity contribution >= 4 is 5.78 Å². The highest BCUT2D eigenvalue weighted by atomic mass is 16.1. The smallest absolute Gasteiger partial charge is 0.156 e. The lowest BCUT2D eigenvalue weighted by molar-refractivity contribution is -0.114. The summed E-state index contributed by atoms with van der Waals surface area (Å²) in [5, 5.41) is 0. The van der Waals surface area contributed by atoms with Crippen molar-refractivity contribution in [3.8, 4) is 0 Å². The van der Waals surface area contributed by atoms with Crippen LogP contribution in [0.5, 0.6) is 0 Å². The number of carbonyl (C=O) groups is 1. The second-order valence-electron chi connectivity index (χ2n) is 4.57. The van der Waals surface area contributed by atoms with Gasteiger partial charge in [-0.1, -0.05) is 32.8 Å². The van der Waals surface area contributed by atoms with E-state index in [1.165, 1.54) is 0 Å².